The molecule has 9 nitrogen and oxygen atoms in total. The number of ether oxygens (including phenoxy) is 1. The van der Waals surface area contributed by atoms with Gasteiger partial charge in [0.05, 0.1) is 12.3 Å². The second-order valence-corrected chi connectivity index (χ2v) is 7.61. The average molecular weight is 316 g/mol. The Hall–Kier alpha value is -1.04. The van der Waals surface area contributed by atoms with E-state index >= 15 is 0 Å². The molecule has 1 saturated heterocycles. The molecule has 0 aliphatic carbocycles. The van der Waals surface area contributed by atoms with Crippen molar-refractivity contribution in [2.45, 2.75) is 30.3 Å². The molecule has 1 rings (SSSR count). The Morgan fingerprint density at radius 3 is 2.05 bits per heavy atom. The third kappa shape index (κ3) is 3.96. The third-order valence-electron chi connectivity index (χ3n) is 2.85. The van der Waals surface area contributed by atoms with Crippen molar-refractivity contribution in [3.8, 4) is 0 Å². The zero-order valence-corrected chi connectivity index (χ0v) is 11.3. The second kappa shape index (κ2) is 5.15. The van der Waals surface area contributed by atoms with Gasteiger partial charge in [0, 0.05) is 0 Å². The lowest BCUT2D eigenvalue weighted by atomic mass is 10.0. The van der Waals surface area contributed by atoms with Crippen molar-refractivity contribution in [3.63, 3.8) is 0 Å². The van der Waals surface area contributed by atoms with Crippen LogP contribution in [0.15, 0.2) is 0 Å². The summed E-state index contributed by atoms with van der Waals surface area (Å²) < 4.78 is 66.1. The van der Waals surface area contributed by atoms with E-state index in [4.69, 9.17) is 9.11 Å². The van der Waals surface area contributed by atoms with Gasteiger partial charge in [-0.25, -0.2) is 0 Å². The molecule has 0 aromatic heterocycles. The van der Waals surface area contributed by atoms with Crippen LogP contribution in [0.4, 0.5) is 0 Å². The Bertz CT molecular complexity index is 588. The van der Waals surface area contributed by atoms with Gasteiger partial charge in [-0.1, -0.05) is 0 Å². The Morgan fingerprint density at radius 1 is 1.21 bits per heavy atom. The minimum atomic E-state index is -4.83. The number of esters is 2. The molecule has 1 aliphatic heterocycles. The first kappa shape index (κ1) is 16.0. The monoisotopic (exact) mass is 316 g/mol. The quantitative estimate of drug-likeness (QED) is 0.369. The first-order valence-corrected chi connectivity index (χ1v) is 8.10. The van der Waals surface area contributed by atoms with E-state index in [-0.39, 0.29) is 0 Å². The van der Waals surface area contributed by atoms with Gasteiger partial charge >= 0.3 is 11.9 Å². The number of hydrogen-bond donors (Lipinski definition) is 2. The van der Waals surface area contributed by atoms with E-state index in [0.29, 0.717) is 0 Å². The summed E-state index contributed by atoms with van der Waals surface area (Å²) in [5.74, 6) is -3.01. The lowest BCUT2D eigenvalue weighted by Gasteiger charge is -2.20. The van der Waals surface area contributed by atoms with Gasteiger partial charge in [0.1, 0.15) is 10.5 Å². The summed E-state index contributed by atoms with van der Waals surface area (Å²) in [5, 5.41) is -3.77. The van der Waals surface area contributed by atoms with Crippen LogP contribution >= 0.6 is 0 Å². The van der Waals surface area contributed by atoms with Crippen LogP contribution in [0.2, 0.25) is 0 Å². The molecule has 0 radical (unpaired) electrons. The standard InChI is InChI=1S/C8H12O9S2/c1-4(18(11,12)13)6(19(14,15)16)2-5-3-7(9)17-8(5)10/h4-6H,2-3H2,1H3,(H,11,12,13)(H,14,15,16). The van der Waals surface area contributed by atoms with Crippen molar-refractivity contribution in [1.29, 1.82) is 0 Å². The van der Waals surface area contributed by atoms with Gasteiger partial charge in [0.2, 0.25) is 0 Å². The van der Waals surface area contributed by atoms with Gasteiger partial charge in [-0.05, 0) is 13.3 Å². The molecule has 3 atom stereocenters. The van der Waals surface area contributed by atoms with Gasteiger partial charge in [-0.15, -0.1) is 0 Å². The molecule has 1 aliphatic rings. The van der Waals surface area contributed by atoms with Gasteiger partial charge in [-0.3, -0.25) is 18.7 Å². The lowest BCUT2D eigenvalue weighted by Crippen LogP contribution is -2.39. The van der Waals surface area contributed by atoms with E-state index in [1.54, 1.807) is 0 Å². The van der Waals surface area contributed by atoms with E-state index in [1.165, 1.54) is 0 Å². The summed E-state index contributed by atoms with van der Waals surface area (Å²) >= 11 is 0. The van der Waals surface area contributed by atoms with Crippen LogP contribution in [0.3, 0.4) is 0 Å². The van der Waals surface area contributed by atoms with Gasteiger partial charge < -0.3 is 4.74 Å². The number of carbonyl (C=O) groups is 2. The van der Waals surface area contributed by atoms with Gasteiger partial charge in [-0.2, -0.15) is 16.8 Å². The molecule has 3 unspecified atom stereocenters. The first-order valence-electron chi connectivity index (χ1n) is 5.10. The summed E-state index contributed by atoms with van der Waals surface area (Å²) in [4.78, 5) is 22.0. The van der Waals surface area contributed by atoms with Crippen molar-refractivity contribution in [2.24, 2.45) is 5.92 Å². The van der Waals surface area contributed by atoms with Crippen LogP contribution in [0.5, 0.6) is 0 Å². The number of cyclic esters (lactones) is 2. The largest absolute Gasteiger partial charge is 0.393 e. The Balaban J connectivity index is 3.01. The highest BCUT2D eigenvalue weighted by molar-refractivity contribution is 7.90. The molecule has 0 aromatic carbocycles. The van der Waals surface area contributed by atoms with Gasteiger partial charge in [0.25, 0.3) is 20.2 Å². The number of hydrogen-bond acceptors (Lipinski definition) is 7. The highest BCUT2D eigenvalue weighted by Gasteiger charge is 2.43. The van der Waals surface area contributed by atoms with E-state index in [9.17, 15) is 26.4 Å². The molecule has 19 heavy (non-hydrogen) atoms. The van der Waals surface area contributed by atoms with Crippen LogP contribution < -0.4 is 0 Å². The fourth-order valence-corrected chi connectivity index (χ4v) is 4.03. The molecular weight excluding hydrogens is 304 g/mol. The normalized spacial score (nSPS) is 24.1. The molecule has 1 heterocycles. The molecule has 0 amide bonds. The molecule has 0 bridgehead atoms. The molecule has 0 saturated carbocycles. The van der Waals surface area contributed by atoms with E-state index in [0.717, 1.165) is 6.92 Å². The van der Waals surface area contributed by atoms with Crippen LogP contribution in [0.25, 0.3) is 0 Å². The van der Waals surface area contributed by atoms with Crippen LogP contribution in [-0.4, -0.2) is 48.4 Å². The molecule has 1 fully saturated rings. The maximum atomic E-state index is 11.2. The molecule has 11 heteroatoms. The Labute approximate surface area is 109 Å². The third-order valence-corrected chi connectivity index (χ3v) is 5.66. The van der Waals surface area contributed by atoms with Crippen LogP contribution in [0.1, 0.15) is 19.8 Å². The van der Waals surface area contributed by atoms with Crippen molar-refractivity contribution < 1.29 is 40.3 Å². The van der Waals surface area contributed by atoms with Crippen LogP contribution in [0, 0.1) is 5.92 Å². The summed E-state index contributed by atoms with van der Waals surface area (Å²) in [6.45, 7) is 0.871. The highest BCUT2D eigenvalue weighted by atomic mass is 32.2. The summed E-state index contributed by atoms with van der Waals surface area (Å²) in [6.07, 6.45) is -1.03. The minimum absolute atomic E-state index is 0.400. The zero-order valence-electron chi connectivity index (χ0n) is 9.71. The molecular formula is C8H12O9S2. The predicted molar refractivity (Wildman–Crippen MR) is 60.2 cm³/mol. The topological polar surface area (TPSA) is 152 Å². The highest BCUT2D eigenvalue weighted by Crippen LogP contribution is 2.27. The predicted octanol–water partition coefficient (Wildman–Crippen LogP) is -1.00. The zero-order chi connectivity index (χ0) is 15.0. The fourth-order valence-electron chi connectivity index (χ4n) is 1.73. The summed E-state index contributed by atoms with van der Waals surface area (Å²) in [6, 6.07) is 0. The summed E-state index contributed by atoms with van der Waals surface area (Å²) in [7, 11) is -9.57. The Kier molecular flexibility index (Phi) is 4.34. The van der Waals surface area contributed by atoms with Crippen molar-refractivity contribution in [1.82, 2.24) is 0 Å². The van der Waals surface area contributed by atoms with E-state index < -0.39 is 61.4 Å². The Morgan fingerprint density at radius 2 is 1.74 bits per heavy atom. The average Bonchev–Trinajstić information content (AvgIpc) is 2.49. The maximum Gasteiger partial charge on any atom is 0.317 e. The van der Waals surface area contributed by atoms with Crippen molar-refractivity contribution >= 4 is 32.2 Å². The molecule has 110 valence electrons. The molecule has 2 N–H and O–H groups in total. The SMILES string of the molecule is CC(C(CC1CC(=O)OC1=O)S(=O)(=O)O)S(=O)(=O)O. The minimum Gasteiger partial charge on any atom is -0.393 e. The molecule has 0 aromatic rings. The van der Waals surface area contributed by atoms with Crippen LogP contribution in [-0.2, 0) is 34.6 Å². The smallest absolute Gasteiger partial charge is 0.317 e. The van der Waals surface area contributed by atoms with Gasteiger partial charge in [0.15, 0.2) is 0 Å². The summed E-state index contributed by atoms with van der Waals surface area (Å²) in [5.41, 5.74) is 0. The first-order chi connectivity index (χ1) is 8.43. The molecule has 0 spiro atoms. The van der Waals surface area contributed by atoms with E-state index in [1.807, 2.05) is 0 Å². The van der Waals surface area contributed by atoms with Crippen molar-refractivity contribution in [2.75, 3.05) is 0 Å². The van der Waals surface area contributed by atoms with Crippen molar-refractivity contribution in [3.05, 3.63) is 0 Å². The maximum absolute atomic E-state index is 11.2. The lowest BCUT2D eigenvalue weighted by molar-refractivity contribution is -0.153. The second-order valence-electron chi connectivity index (χ2n) is 4.20. The number of rotatable bonds is 5. The fraction of sp³-hybridized carbons (Fsp3) is 0.750. The number of carbonyl (C=O) groups excluding carboxylic acids is 2. The van der Waals surface area contributed by atoms with E-state index in [2.05, 4.69) is 4.74 Å².